The number of nitrogens with zero attached hydrogens (tertiary/aromatic N) is 2. The Kier molecular flexibility index (Phi) is 4.07. The number of amides is 1. The summed E-state index contributed by atoms with van der Waals surface area (Å²) in [6.07, 6.45) is 2.28. The van der Waals surface area contributed by atoms with Crippen molar-refractivity contribution >= 4 is 11.9 Å². The highest BCUT2D eigenvalue weighted by Crippen LogP contribution is 2.22. The smallest absolute Gasteiger partial charge is 0.339 e. The lowest BCUT2D eigenvalue weighted by Gasteiger charge is -2.10. The van der Waals surface area contributed by atoms with Crippen molar-refractivity contribution in [2.75, 3.05) is 0 Å². The first-order valence-electron chi connectivity index (χ1n) is 5.74. The molecule has 0 aliphatic rings. The maximum absolute atomic E-state index is 13.5. The molecule has 2 rings (SSSR count). The topological polar surface area (TPSA) is 115 Å². The van der Waals surface area contributed by atoms with Gasteiger partial charge in [-0.1, -0.05) is 6.07 Å². The standard InChI is InChI=1S/C13H10FN3O4/c14-8-2-1-3-10(11(8)12(15)18)21-5-9-7(13(19)20)4-16-6-17-9/h1-4,6H,5H2,(H2,15,18)(H,19,20). The SMILES string of the molecule is NC(=O)c1c(F)cccc1OCc1ncncc1C(=O)O. The second kappa shape index (κ2) is 5.95. The van der Waals surface area contributed by atoms with Gasteiger partial charge in [-0.2, -0.15) is 0 Å². The number of carboxylic acid groups (broad SMARTS) is 1. The summed E-state index contributed by atoms with van der Waals surface area (Å²) in [7, 11) is 0. The fraction of sp³-hybridized carbons (Fsp3) is 0.0769. The fourth-order valence-corrected chi connectivity index (χ4v) is 1.66. The van der Waals surface area contributed by atoms with Gasteiger partial charge in [0.15, 0.2) is 0 Å². The van der Waals surface area contributed by atoms with Gasteiger partial charge in [-0.25, -0.2) is 19.2 Å². The Bertz CT molecular complexity index is 706. The van der Waals surface area contributed by atoms with Gasteiger partial charge in [0.25, 0.3) is 5.91 Å². The van der Waals surface area contributed by atoms with Crippen molar-refractivity contribution in [2.45, 2.75) is 6.61 Å². The van der Waals surface area contributed by atoms with E-state index in [1.165, 1.54) is 12.1 Å². The molecule has 0 spiro atoms. The van der Waals surface area contributed by atoms with Crippen LogP contribution in [0.1, 0.15) is 26.4 Å². The van der Waals surface area contributed by atoms with Crippen LogP contribution < -0.4 is 10.5 Å². The molecule has 0 atom stereocenters. The van der Waals surface area contributed by atoms with Crippen LogP contribution in [0.5, 0.6) is 5.75 Å². The molecule has 7 nitrogen and oxygen atoms in total. The second-order valence-electron chi connectivity index (χ2n) is 3.95. The minimum Gasteiger partial charge on any atom is -0.486 e. The highest BCUT2D eigenvalue weighted by molar-refractivity contribution is 5.95. The molecular formula is C13H10FN3O4. The number of nitrogens with two attached hydrogens (primary N) is 1. The quantitative estimate of drug-likeness (QED) is 0.848. The Morgan fingerprint density at radius 2 is 2.14 bits per heavy atom. The molecule has 8 heteroatoms. The molecular weight excluding hydrogens is 281 g/mol. The largest absolute Gasteiger partial charge is 0.486 e. The summed E-state index contributed by atoms with van der Waals surface area (Å²) in [5.41, 5.74) is 4.63. The monoisotopic (exact) mass is 291 g/mol. The van der Waals surface area contributed by atoms with Gasteiger partial charge in [0.2, 0.25) is 0 Å². The van der Waals surface area contributed by atoms with Crippen LogP contribution in [0.25, 0.3) is 0 Å². The Morgan fingerprint density at radius 3 is 2.81 bits per heavy atom. The van der Waals surface area contributed by atoms with Crippen molar-refractivity contribution in [1.29, 1.82) is 0 Å². The zero-order valence-corrected chi connectivity index (χ0v) is 10.6. The van der Waals surface area contributed by atoms with Crippen LogP contribution >= 0.6 is 0 Å². The summed E-state index contributed by atoms with van der Waals surface area (Å²) in [5.74, 6) is -3.11. The van der Waals surface area contributed by atoms with E-state index >= 15 is 0 Å². The first-order chi connectivity index (χ1) is 10.0. The van der Waals surface area contributed by atoms with Crippen LogP contribution in [-0.4, -0.2) is 27.0 Å². The normalized spacial score (nSPS) is 10.1. The number of hydrogen-bond acceptors (Lipinski definition) is 5. The number of carbonyl (C=O) groups is 2. The van der Waals surface area contributed by atoms with Gasteiger partial charge in [-0.15, -0.1) is 0 Å². The van der Waals surface area contributed by atoms with Crippen LogP contribution in [0.3, 0.4) is 0 Å². The average molecular weight is 291 g/mol. The number of aromatic carboxylic acids is 1. The number of carbonyl (C=O) groups excluding carboxylic acids is 1. The third-order valence-electron chi connectivity index (χ3n) is 2.61. The van der Waals surface area contributed by atoms with Crippen LogP contribution in [0.2, 0.25) is 0 Å². The number of aromatic nitrogens is 2. The molecule has 3 N–H and O–H groups in total. The predicted octanol–water partition coefficient (Wildman–Crippen LogP) is 0.992. The van der Waals surface area contributed by atoms with E-state index in [1.807, 2.05) is 0 Å². The molecule has 0 aliphatic carbocycles. The first-order valence-corrected chi connectivity index (χ1v) is 5.74. The van der Waals surface area contributed by atoms with Crippen molar-refractivity contribution in [3.63, 3.8) is 0 Å². The third-order valence-corrected chi connectivity index (χ3v) is 2.61. The van der Waals surface area contributed by atoms with Gasteiger partial charge in [0.1, 0.15) is 35.6 Å². The van der Waals surface area contributed by atoms with E-state index in [0.29, 0.717) is 0 Å². The molecule has 2 aromatic rings. The molecule has 1 aromatic heterocycles. The molecule has 0 fully saturated rings. The molecule has 0 saturated carbocycles. The summed E-state index contributed by atoms with van der Waals surface area (Å²) >= 11 is 0. The summed E-state index contributed by atoms with van der Waals surface area (Å²) in [4.78, 5) is 29.6. The zero-order chi connectivity index (χ0) is 15.4. The van der Waals surface area contributed by atoms with E-state index in [0.717, 1.165) is 18.6 Å². The number of rotatable bonds is 5. The first kappa shape index (κ1) is 14.4. The average Bonchev–Trinajstić information content (AvgIpc) is 2.44. The van der Waals surface area contributed by atoms with Crippen molar-refractivity contribution in [3.05, 3.63) is 53.4 Å². The van der Waals surface area contributed by atoms with Crippen LogP contribution in [0.15, 0.2) is 30.7 Å². The number of halogens is 1. The van der Waals surface area contributed by atoms with E-state index < -0.39 is 23.3 Å². The van der Waals surface area contributed by atoms with Gasteiger partial charge in [0.05, 0.1) is 5.69 Å². The molecule has 0 bridgehead atoms. The Hall–Kier alpha value is -3.03. The van der Waals surface area contributed by atoms with Crippen molar-refractivity contribution in [3.8, 4) is 5.75 Å². The van der Waals surface area contributed by atoms with Crippen LogP contribution in [-0.2, 0) is 6.61 Å². The number of carboxylic acids is 1. The number of hydrogen-bond donors (Lipinski definition) is 2. The minimum atomic E-state index is -1.22. The van der Waals surface area contributed by atoms with Gasteiger partial charge in [-0.3, -0.25) is 4.79 Å². The van der Waals surface area contributed by atoms with Crippen LogP contribution in [0.4, 0.5) is 4.39 Å². The number of primary amides is 1. The lowest BCUT2D eigenvalue weighted by Crippen LogP contribution is -2.16. The Labute approximate surface area is 118 Å². The van der Waals surface area contributed by atoms with E-state index in [-0.39, 0.29) is 23.6 Å². The van der Waals surface area contributed by atoms with Gasteiger partial charge in [0, 0.05) is 6.20 Å². The van der Waals surface area contributed by atoms with E-state index in [1.54, 1.807) is 0 Å². The van der Waals surface area contributed by atoms with Gasteiger partial charge in [-0.05, 0) is 12.1 Å². The summed E-state index contributed by atoms with van der Waals surface area (Å²) < 4.78 is 18.8. The van der Waals surface area contributed by atoms with Crippen molar-refractivity contribution in [2.24, 2.45) is 5.73 Å². The second-order valence-corrected chi connectivity index (χ2v) is 3.95. The van der Waals surface area contributed by atoms with E-state index in [2.05, 4.69) is 9.97 Å². The van der Waals surface area contributed by atoms with Crippen molar-refractivity contribution in [1.82, 2.24) is 9.97 Å². The Morgan fingerprint density at radius 1 is 1.38 bits per heavy atom. The van der Waals surface area contributed by atoms with E-state index in [4.69, 9.17) is 15.6 Å². The van der Waals surface area contributed by atoms with Crippen molar-refractivity contribution < 1.29 is 23.8 Å². The third kappa shape index (κ3) is 3.11. The molecule has 1 aromatic carbocycles. The maximum Gasteiger partial charge on any atom is 0.339 e. The number of benzene rings is 1. The number of ether oxygens (including phenoxy) is 1. The summed E-state index contributed by atoms with van der Waals surface area (Å²) in [6, 6.07) is 3.76. The lowest BCUT2D eigenvalue weighted by atomic mass is 10.2. The van der Waals surface area contributed by atoms with E-state index in [9.17, 15) is 14.0 Å². The highest BCUT2D eigenvalue weighted by atomic mass is 19.1. The Balaban J connectivity index is 2.28. The van der Waals surface area contributed by atoms with Gasteiger partial charge >= 0.3 is 5.97 Å². The molecule has 108 valence electrons. The molecule has 0 radical (unpaired) electrons. The maximum atomic E-state index is 13.5. The highest BCUT2D eigenvalue weighted by Gasteiger charge is 2.17. The molecule has 0 aliphatic heterocycles. The molecule has 0 unspecified atom stereocenters. The minimum absolute atomic E-state index is 0.0857. The molecule has 0 saturated heterocycles. The van der Waals surface area contributed by atoms with Gasteiger partial charge < -0.3 is 15.6 Å². The summed E-state index contributed by atoms with van der Waals surface area (Å²) in [5, 5.41) is 8.98. The fourth-order valence-electron chi connectivity index (χ4n) is 1.66. The molecule has 1 amide bonds. The molecule has 21 heavy (non-hydrogen) atoms. The summed E-state index contributed by atoms with van der Waals surface area (Å²) in [6.45, 7) is -0.270. The zero-order valence-electron chi connectivity index (χ0n) is 10.6. The van der Waals surface area contributed by atoms with Crippen LogP contribution in [0, 0.1) is 5.82 Å². The molecule has 1 heterocycles. The predicted molar refractivity (Wildman–Crippen MR) is 68.2 cm³/mol. The lowest BCUT2D eigenvalue weighted by molar-refractivity contribution is 0.0692.